The molecule has 0 aliphatic rings. The van der Waals surface area contributed by atoms with E-state index < -0.39 is 5.91 Å². The first-order valence-corrected chi connectivity index (χ1v) is 6.38. The van der Waals surface area contributed by atoms with E-state index in [9.17, 15) is 9.90 Å². The van der Waals surface area contributed by atoms with Crippen LogP contribution < -0.4 is 5.32 Å². The van der Waals surface area contributed by atoms with Crippen molar-refractivity contribution in [1.82, 2.24) is 0 Å². The maximum Gasteiger partial charge on any atom is 0.266 e. The van der Waals surface area contributed by atoms with E-state index >= 15 is 0 Å². The molecule has 0 atom stereocenters. The molecule has 0 aromatic heterocycles. The highest BCUT2D eigenvalue weighted by Gasteiger charge is 2.10. The third kappa shape index (κ3) is 3.71. The van der Waals surface area contributed by atoms with Crippen LogP contribution in [0.15, 0.2) is 54.1 Å². The van der Waals surface area contributed by atoms with E-state index in [0.717, 1.165) is 11.1 Å². The van der Waals surface area contributed by atoms with Crippen LogP contribution in [0.5, 0.6) is 5.75 Å². The summed E-state index contributed by atoms with van der Waals surface area (Å²) in [6.45, 7) is 1.92. The number of phenolic OH excluding ortho intramolecular Hbond substituents is 1. The molecular formula is C17H14N2O2. The zero-order valence-electron chi connectivity index (χ0n) is 11.5. The average Bonchev–Trinajstić information content (AvgIpc) is 2.48. The Kier molecular flexibility index (Phi) is 4.37. The Labute approximate surface area is 123 Å². The summed E-state index contributed by atoms with van der Waals surface area (Å²) in [6.07, 6.45) is 1.56. The van der Waals surface area contributed by atoms with E-state index in [1.807, 2.05) is 37.3 Å². The minimum Gasteiger partial charge on any atom is -0.508 e. The fourth-order valence-corrected chi connectivity index (χ4v) is 1.80. The molecule has 0 spiro atoms. The zero-order chi connectivity index (χ0) is 15.2. The highest BCUT2D eigenvalue weighted by atomic mass is 16.3. The van der Waals surface area contributed by atoms with Crippen molar-refractivity contribution in [3.63, 3.8) is 0 Å². The van der Waals surface area contributed by atoms with E-state index in [0.29, 0.717) is 5.69 Å². The Bertz CT molecular complexity index is 725. The molecule has 0 saturated heterocycles. The molecule has 4 heteroatoms. The number of hydrogen-bond acceptors (Lipinski definition) is 3. The highest BCUT2D eigenvalue weighted by Crippen LogP contribution is 2.16. The topological polar surface area (TPSA) is 73.1 Å². The van der Waals surface area contributed by atoms with E-state index in [1.54, 1.807) is 18.2 Å². The van der Waals surface area contributed by atoms with Gasteiger partial charge in [0, 0.05) is 5.69 Å². The molecule has 0 radical (unpaired) electrons. The van der Waals surface area contributed by atoms with Gasteiger partial charge in [-0.25, -0.2) is 0 Å². The van der Waals surface area contributed by atoms with E-state index in [-0.39, 0.29) is 11.3 Å². The predicted molar refractivity (Wildman–Crippen MR) is 81.5 cm³/mol. The highest BCUT2D eigenvalue weighted by molar-refractivity contribution is 6.09. The fraction of sp³-hybridized carbons (Fsp3) is 0.0588. The normalized spacial score (nSPS) is 10.8. The number of nitrogens with zero attached hydrogens (tertiary/aromatic N) is 1. The summed E-state index contributed by atoms with van der Waals surface area (Å²) in [7, 11) is 0. The van der Waals surface area contributed by atoms with Crippen LogP contribution in [0.4, 0.5) is 5.69 Å². The van der Waals surface area contributed by atoms with Gasteiger partial charge in [0.25, 0.3) is 5.91 Å². The summed E-state index contributed by atoms with van der Waals surface area (Å²) in [6, 6.07) is 15.5. The first-order valence-electron chi connectivity index (χ1n) is 6.38. The van der Waals surface area contributed by atoms with E-state index in [2.05, 4.69) is 5.32 Å². The van der Waals surface area contributed by atoms with Crippen molar-refractivity contribution in [2.24, 2.45) is 0 Å². The molecule has 0 heterocycles. The second kappa shape index (κ2) is 6.40. The quantitative estimate of drug-likeness (QED) is 0.514. The molecule has 2 aromatic rings. The van der Waals surface area contributed by atoms with Crippen molar-refractivity contribution in [2.75, 3.05) is 5.32 Å². The van der Waals surface area contributed by atoms with Crippen LogP contribution in [0, 0.1) is 18.3 Å². The summed E-state index contributed by atoms with van der Waals surface area (Å²) in [5.74, 6) is -0.365. The maximum absolute atomic E-state index is 12.1. The van der Waals surface area contributed by atoms with Crippen LogP contribution in [0.25, 0.3) is 6.08 Å². The van der Waals surface area contributed by atoms with Gasteiger partial charge in [0.05, 0.1) is 0 Å². The van der Waals surface area contributed by atoms with Crippen LogP contribution >= 0.6 is 0 Å². The number of phenols is 1. The number of nitriles is 1. The number of amides is 1. The van der Waals surface area contributed by atoms with Crippen LogP contribution in [-0.4, -0.2) is 11.0 Å². The summed E-state index contributed by atoms with van der Waals surface area (Å²) in [4.78, 5) is 12.1. The van der Waals surface area contributed by atoms with Gasteiger partial charge in [-0.05, 0) is 48.4 Å². The minimum atomic E-state index is -0.480. The molecule has 0 saturated carbocycles. The second-order valence-electron chi connectivity index (χ2n) is 4.53. The van der Waals surface area contributed by atoms with Crippen molar-refractivity contribution < 1.29 is 9.90 Å². The molecule has 1 amide bonds. The number of benzene rings is 2. The molecule has 0 aliphatic carbocycles. The summed E-state index contributed by atoms with van der Waals surface area (Å²) in [5, 5.41) is 21.0. The number of rotatable bonds is 3. The van der Waals surface area contributed by atoms with Crippen molar-refractivity contribution in [3.8, 4) is 11.8 Å². The third-order valence-corrected chi connectivity index (χ3v) is 2.98. The van der Waals surface area contributed by atoms with Gasteiger partial charge in [-0.2, -0.15) is 5.26 Å². The number of aromatic hydroxyl groups is 1. The molecule has 2 rings (SSSR count). The first kappa shape index (κ1) is 14.4. The molecule has 0 unspecified atom stereocenters. The Balaban J connectivity index is 2.22. The van der Waals surface area contributed by atoms with Crippen molar-refractivity contribution >= 4 is 17.7 Å². The number of aryl methyl sites for hydroxylation is 1. The number of nitrogens with one attached hydrogen (secondary N) is 1. The lowest BCUT2D eigenvalue weighted by Gasteiger charge is -2.05. The second-order valence-corrected chi connectivity index (χ2v) is 4.53. The van der Waals surface area contributed by atoms with Crippen LogP contribution in [0.3, 0.4) is 0 Å². The average molecular weight is 278 g/mol. The standard InChI is InChI=1S/C17H14N2O2/c1-12-4-2-3-5-13(12)10-14(11-18)17(21)19-15-6-8-16(20)9-7-15/h2-10,20H,1H3,(H,19,21). The molecular weight excluding hydrogens is 264 g/mol. The SMILES string of the molecule is Cc1ccccc1C=C(C#N)C(=O)Nc1ccc(O)cc1. The lowest BCUT2D eigenvalue weighted by Crippen LogP contribution is -2.13. The van der Waals surface area contributed by atoms with Crippen molar-refractivity contribution in [3.05, 3.63) is 65.2 Å². The summed E-state index contributed by atoms with van der Waals surface area (Å²) in [5.41, 5.74) is 2.36. The molecule has 0 aliphatic heterocycles. The smallest absolute Gasteiger partial charge is 0.266 e. The van der Waals surface area contributed by atoms with Gasteiger partial charge in [0.2, 0.25) is 0 Å². The number of carbonyl (C=O) groups is 1. The van der Waals surface area contributed by atoms with Gasteiger partial charge >= 0.3 is 0 Å². The number of anilines is 1. The van der Waals surface area contributed by atoms with Gasteiger partial charge < -0.3 is 10.4 Å². The fourth-order valence-electron chi connectivity index (χ4n) is 1.80. The Morgan fingerprint density at radius 1 is 1.19 bits per heavy atom. The predicted octanol–water partition coefficient (Wildman–Crippen LogP) is 3.25. The monoisotopic (exact) mass is 278 g/mol. The van der Waals surface area contributed by atoms with Gasteiger partial charge in [-0.1, -0.05) is 24.3 Å². The Morgan fingerprint density at radius 2 is 1.86 bits per heavy atom. The molecule has 4 nitrogen and oxygen atoms in total. The van der Waals surface area contributed by atoms with Crippen LogP contribution in [0.2, 0.25) is 0 Å². The van der Waals surface area contributed by atoms with Crippen LogP contribution in [-0.2, 0) is 4.79 Å². The molecule has 21 heavy (non-hydrogen) atoms. The summed E-state index contributed by atoms with van der Waals surface area (Å²) < 4.78 is 0. The van der Waals surface area contributed by atoms with Gasteiger partial charge in [0.15, 0.2) is 0 Å². The van der Waals surface area contributed by atoms with Crippen LogP contribution in [0.1, 0.15) is 11.1 Å². The van der Waals surface area contributed by atoms with Crippen molar-refractivity contribution in [1.29, 1.82) is 5.26 Å². The minimum absolute atomic E-state index is 0.0253. The van der Waals surface area contributed by atoms with E-state index in [4.69, 9.17) is 5.26 Å². The Morgan fingerprint density at radius 3 is 2.48 bits per heavy atom. The number of carbonyl (C=O) groups excluding carboxylic acids is 1. The third-order valence-electron chi connectivity index (χ3n) is 2.98. The van der Waals surface area contributed by atoms with Crippen molar-refractivity contribution in [2.45, 2.75) is 6.92 Å². The van der Waals surface area contributed by atoms with Gasteiger partial charge in [0.1, 0.15) is 17.4 Å². The molecule has 104 valence electrons. The molecule has 0 fully saturated rings. The number of hydrogen-bond donors (Lipinski definition) is 2. The Hall–Kier alpha value is -3.06. The lowest BCUT2D eigenvalue weighted by molar-refractivity contribution is -0.112. The lowest BCUT2D eigenvalue weighted by atomic mass is 10.1. The molecule has 2 N–H and O–H groups in total. The first-order chi connectivity index (χ1) is 10.1. The molecule has 2 aromatic carbocycles. The maximum atomic E-state index is 12.1. The zero-order valence-corrected chi connectivity index (χ0v) is 11.5. The summed E-state index contributed by atoms with van der Waals surface area (Å²) >= 11 is 0. The molecule has 0 bridgehead atoms. The van der Waals surface area contributed by atoms with E-state index in [1.165, 1.54) is 12.1 Å². The largest absolute Gasteiger partial charge is 0.508 e. The van der Waals surface area contributed by atoms with Gasteiger partial charge in [-0.15, -0.1) is 0 Å². The van der Waals surface area contributed by atoms with Gasteiger partial charge in [-0.3, -0.25) is 4.79 Å².